The fraction of sp³-hybridized carbons (Fsp3) is 0.588. The molecule has 1 N–H and O–H groups in total. The standard InChI is InChI=1S/C17H25NO/c19-17(14-16-10-5-2-6-11-16)18-13-7-12-15-8-3-1-4-9-15/h2,5-6,10-11,15H,1,3-4,7-9,12-14H2,(H,18,19). The SMILES string of the molecule is O=C(Cc1ccccc1)NCCCC1CCCCC1. The van der Waals surface area contributed by atoms with E-state index < -0.39 is 0 Å². The van der Waals surface area contributed by atoms with Crippen LogP contribution in [0.4, 0.5) is 0 Å². The van der Waals surface area contributed by atoms with Crippen molar-refractivity contribution in [2.75, 3.05) is 6.54 Å². The molecule has 0 bridgehead atoms. The van der Waals surface area contributed by atoms with Gasteiger partial charge in [0.25, 0.3) is 0 Å². The number of rotatable bonds is 6. The molecule has 0 aromatic heterocycles. The van der Waals surface area contributed by atoms with Crippen molar-refractivity contribution in [1.82, 2.24) is 5.32 Å². The highest BCUT2D eigenvalue weighted by molar-refractivity contribution is 5.78. The predicted molar refractivity (Wildman–Crippen MR) is 79.0 cm³/mol. The number of carbonyl (C=O) groups excluding carboxylic acids is 1. The van der Waals surface area contributed by atoms with E-state index in [4.69, 9.17) is 0 Å². The van der Waals surface area contributed by atoms with Crippen LogP contribution in [-0.4, -0.2) is 12.5 Å². The topological polar surface area (TPSA) is 29.1 Å². The molecule has 1 aliphatic carbocycles. The Morgan fingerprint density at radius 2 is 1.84 bits per heavy atom. The van der Waals surface area contributed by atoms with E-state index in [0.717, 1.165) is 24.4 Å². The van der Waals surface area contributed by atoms with Crippen molar-refractivity contribution in [3.8, 4) is 0 Å². The molecule has 1 fully saturated rings. The highest BCUT2D eigenvalue weighted by Gasteiger charge is 2.12. The Morgan fingerprint density at radius 1 is 1.11 bits per heavy atom. The van der Waals surface area contributed by atoms with Crippen molar-refractivity contribution in [1.29, 1.82) is 0 Å². The first-order chi connectivity index (χ1) is 9.34. The third kappa shape index (κ3) is 5.46. The van der Waals surface area contributed by atoms with Gasteiger partial charge in [-0.2, -0.15) is 0 Å². The van der Waals surface area contributed by atoms with Gasteiger partial charge in [0.05, 0.1) is 6.42 Å². The molecule has 0 saturated heterocycles. The Bertz CT molecular complexity index is 368. The first kappa shape index (κ1) is 14.1. The van der Waals surface area contributed by atoms with Crippen molar-refractivity contribution in [2.45, 2.75) is 51.4 Å². The van der Waals surface area contributed by atoms with Crippen LogP contribution < -0.4 is 5.32 Å². The van der Waals surface area contributed by atoms with Gasteiger partial charge in [-0.15, -0.1) is 0 Å². The molecule has 0 heterocycles. The summed E-state index contributed by atoms with van der Waals surface area (Å²) in [7, 11) is 0. The summed E-state index contributed by atoms with van der Waals surface area (Å²) in [6.07, 6.45) is 9.96. The average molecular weight is 259 g/mol. The zero-order chi connectivity index (χ0) is 13.3. The van der Waals surface area contributed by atoms with Crippen LogP contribution in [0.15, 0.2) is 30.3 Å². The van der Waals surface area contributed by atoms with Crippen LogP contribution in [0.1, 0.15) is 50.5 Å². The molecule has 2 heteroatoms. The first-order valence-electron chi connectivity index (χ1n) is 7.65. The Morgan fingerprint density at radius 3 is 2.58 bits per heavy atom. The molecule has 1 aromatic carbocycles. The van der Waals surface area contributed by atoms with Crippen molar-refractivity contribution in [3.63, 3.8) is 0 Å². The van der Waals surface area contributed by atoms with Crippen molar-refractivity contribution in [3.05, 3.63) is 35.9 Å². The maximum atomic E-state index is 11.8. The fourth-order valence-corrected chi connectivity index (χ4v) is 2.94. The van der Waals surface area contributed by atoms with E-state index in [1.54, 1.807) is 0 Å². The largest absolute Gasteiger partial charge is 0.356 e. The molecule has 0 atom stereocenters. The van der Waals surface area contributed by atoms with Gasteiger partial charge in [0.2, 0.25) is 5.91 Å². The van der Waals surface area contributed by atoms with Crippen LogP contribution in [0.2, 0.25) is 0 Å². The van der Waals surface area contributed by atoms with Gasteiger partial charge in [-0.3, -0.25) is 4.79 Å². The lowest BCUT2D eigenvalue weighted by atomic mass is 9.86. The molecular weight excluding hydrogens is 234 g/mol. The molecule has 1 aliphatic rings. The predicted octanol–water partition coefficient (Wildman–Crippen LogP) is 3.71. The minimum absolute atomic E-state index is 0.148. The zero-order valence-electron chi connectivity index (χ0n) is 11.7. The highest BCUT2D eigenvalue weighted by Crippen LogP contribution is 2.26. The molecule has 1 aromatic rings. The smallest absolute Gasteiger partial charge is 0.224 e. The minimum Gasteiger partial charge on any atom is -0.356 e. The van der Waals surface area contributed by atoms with Gasteiger partial charge in [-0.1, -0.05) is 62.4 Å². The molecule has 104 valence electrons. The summed E-state index contributed by atoms with van der Waals surface area (Å²) < 4.78 is 0. The molecule has 19 heavy (non-hydrogen) atoms. The van der Waals surface area contributed by atoms with E-state index in [1.807, 2.05) is 30.3 Å². The van der Waals surface area contributed by atoms with E-state index >= 15 is 0 Å². The van der Waals surface area contributed by atoms with Crippen molar-refractivity contribution < 1.29 is 4.79 Å². The average Bonchev–Trinajstić information content (AvgIpc) is 2.46. The summed E-state index contributed by atoms with van der Waals surface area (Å²) in [6.45, 7) is 0.835. The maximum absolute atomic E-state index is 11.8. The van der Waals surface area contributed by atoms with Crippen LogP contribution in [0, 0.1) is 5.92 Å². The van der Waals surface area contributed by atoms with Crippen LogP contribution in [0.25, 0.3) is 0 Å². The fourth-order valence-electron chi connectivity index (χ4n) is 2.94. The Balaban J connectivity index is 1.56. The van der Waals surface area contributed by atoms with Gasteiger partial charge >= 0.3 is 0 Å². The van der Waals surface area contributed by atoms with E-state index in [1.165, 1.54) is 38.5 Å². The number of amides is 1. The second-order valence-electron chi connectivity index (χ2n) is 5.66. The van der Waals surface area contributed by atoms with E-state index in [-0.39, 0.29) is 5.91 Å². The zero-order valence-corrected chi connectivity index (χ0v) is 11.7. The normalized spacial score (nSPS) is 16.2. The quantitative estimate of drug-likeness (QED) is 0.775. The molecule has 0 spiro atoms. The second kappa shape index (κ2) is 7.98. The van der Waals surface area contributed by atoms with Gasteiger partial charge in [0.1, 0.15) is 0 Å². The molecular formula is C17H25NO. The highest BCUT2D eigenvalue weighted by atomic mass is 16.1. The monoisotopic (exact) mass is 259 g/mol. The van der Waals surface area contributed by atoms with Crippen LogP contribution in [-0.2, 0) is 11.2 Å². The van der Waals surface area contributed by atoms with Crippen LogP contribution in [0.5, 0.6) is 0 Å². The molecule has 1 amide bonds. The lowest BCUT2D eigenvalue weighted by Crippen LogP contribution is -2.26. The van der Waals surface area contributed by atoms with Gasteiger partial charge < -0.3 is 5.32 Å². The molecule has 1 saturated carbocycles. The number of carbonyl (C=O) groups is 1. The third-order valence-corrected chi connectivity index (χ3v) is 4.04. The van der Waals surface area contributed by atoms with Crippen LogP contribution in [0.3, 0.4) is 0 Å². The molecule has 2 rings (SSSR count). The molecule has 2 nitrogen and oxygen atoms in total. The van der Waals surface area contributed by atoms with E-state index in [2.05, 4.69) is 5.32 Å². The molecule has 0 unspecified atom stereocenters. The number of nitrogens with one attached hydrogen (secondary N) is 1. The van der Waals surface area contributed by atoms with Crippen molar-refractivity contribution in [2.24, 2.45) is 5.92 Å². The summed E-state index contributed by atoms with van der Waals surface area (Å²) >= 11 is 0. The summed E-state index contributed by atoms with van der Waals surface area (Å²) in [5, 5.41) is 3.03. The Kier molecular flexibility index (Phi) is 5.93. The number of benzene rings is 1. The summed E-state index contributed by atoms with van der Waals surface area (Å²) in [5.41, 5.74) is 1.09. The number of hydrogen-bond donors (Lipinski definition) is 1. The second-order valence-corrected chi connectivity index (χ2v) is 5.66. The Hall–Kier alpha value is -1.31. The molecule has 0 aliphatic heterocycles. The van der Waals surface area contributed by atoms with Gasteiger partial charge in [0, 0.05) is 6.54 Å². The minimum atomic E-state index is 0.148. The lowest BCUT2D eigenvalue weighted by molar-refractivity contribution is -0.120. The lowest BCUT2D eigenvalue weighted by Gasteiger charge is -2.21. The summed E-state index contributed by atoms with van der Waals surface area (Å²) in [4.78, 5) is 11.8. The third-order valence-electron chi connectivity index (χ3n) is 4.04. The first-order valence-corrected chi connectivity index (χ1v) is 7.65. The van der Waals surface area contributed by atoms with Gasteiger partial charge in [0.15, 0.2) is 0 Å². The van der Waals surface area contributed by atoms with Crippen LogP contribution >= 0.6 is 0 Å². The molecule has 0 radical (unpaired) electrons. The van der Waals surface area contributed by atoms with E-state index in [9.17, 15) is 4.79 Å². The Labute approximate surface area is 116 Å². The maximum Gasteiger partial charge on any atom is 0.224 e. The number of hydrogen-bond acceptors (Lipinski definition) is 1. The summed E-state index contributed by atoms with van der Waals surface area (Å²) in [5.74, 6) is 1.06. The van der Waals surface area contributed by atoms with Crippen molar-refractivity contribution >= 4 is 5.91 Å². The van der Waals surface area contributed by atoms with Gasteiger partial charge in [-0.25, -0.2) is 0 Å². The van der Waals surface area contributed by atoms with Gasteiger partial charge in [-0.05, 0) is 24.3 Å². The van der Waals surface area contributed by atoms with E-state index in [0.29, 0.717) is 6.42 Å². The summed E-state index contributed by atoms with van der Waals surface area (Å²) in [6, 6.07) is 9.94.